The molecule has 3 N–H and O–H groups in total. The minimum Gasteiger partial charge on any atom is -0.459 e. The first kappa shape index (κ1) is 23.3. The second kappa shape index (κ2) is 9.82. The lowest BCUT2D eigenvalue weighted by Gasteiger charge is -2.35. The summed E-state index contributed by atoms with van der Waals surface area (Å²) < 4.78 is 5.46. The summed E-state index contributed by atoms with van der Waals surface area (Å²) in [4.78, 5) is 26.9. The highest BCUT2D eigenvalue weighted by molar-refractivity contribution is 7.80. The van der Waals surface area contributed by atoms with E-state index in [9.17, 15) is 9.59 Å². The van der Waals surface area contributed by atoms with Gasteiger partial charge in [-0.05, 0) is 75.3 Å². The average Bonchev–Trinajstić information content (AvgIpc) is 2.71. The summed E-state index contributed by atoms with van der Waals surface area (Å²) in [7, 11) is 1.81. The molecule has 1 aliphatic heterocycles. The van der Waals surface area contributed by atoms with Crippen molar-refractivity contribution in [1.82, 2.24) is 10.2 Å². The molecule has 2 aromatic rings. The number of amides is 2. The summed E-state index contributed by atoms with van der Waals surface area (Å²) in [6.07, 6.45) is -0.235. The van der Waals surface area contributed by atoms with E-state index in [1.165, 1.54) is 0 Å². The molecular weight excluding hydrogens is 424 g/mol. The molecule has 2 aromatic carbocycles. The molecule has 168 valence electrons. The molecule has 0 bridgehead atoms. The van der Waals surface area contributed by atoms with Gasteiger partial charge in [-0.15, -0.1) is 0 Å². The van der Waals surface area contributed by atoms with E-state index in [0.717, 1.165) is 22.5 Å². The van der Waals surface area contributed by atoms with E-state index < -0.39 is 6.04 Å². The maximum atomic E-state index is 12.8. The van der Waals surface area contributed by atoms with E-state index in [1.54, 1.807) is 17.0 Å². The lowest BCUT2D eigenvalue weighted by molar-refractivity contribution is -0.143. The second-order valence-corrected chi connectivity index (χ2v) is 8.35. The molecule has 3 rings (SSSR count). The number of esters is 1. The van der Waals surface area contributed by atoms with Crippen molar-refractivity contribution in [2.45, 2.75) is 39.8 Å². The van der Waals surface area contributed by atoms with Crippen molar-refractivity contribution >= 4 is 40.7 Å². The van der Waals surface area contributed by atoms with Crippen LogP contribution in [0.5, 0.6) is 0 Å². The number of benzene rings is 2. The number of aryl methyl sites for hydroxylation is 1. The smallest absolute Gasteiger partial charge is 0.338 e. The van der Waals surface area contributed by atoms with Gasteiger partial charge in [-0.1, -0.05) is 24.3 Å². The Morgan fingerprint density at radius 1 is 1.06 bits per heavy atom. The van der Waals surface area contributed by atoms with Gasteiger partial charge < -0.3 is 25.6 Å². The summed E-state index contributed by atoms with van der Waals surface area (Å²) in [6, 6.07) is 14.1. The van der Waals surface area contributed by atoms with E-state index >= 15 is 0 Å². The molecule has 8 heteroatoms. The van der Waals surface area contributed by atoms with E-state index in [2.05, 4.69) is 16.0 Å². The largest absolute Gasteiger partial charge is 0.459 e. The molecule has 1 heterocycles. The van der Waals surface area contributed by atoms with Gasteiger partial charge in [0.15, 0.2) is 5.11 Å². The molecule has 7 nitrogen and oxygen atoms in total. The van der Waals surface area contributed by atoms with Crippen molar-refractivity contribution in [1.29, 1.82) is 0 Å². The van der Waals surface area contributed by atoms with E-state index in [0.29, 0.717) is 16.4 Å². The molecule has 0 aromatic heterocycles. The van der Waals surface area contributed by atoms with Gasteiger partial charge in [0.1, 0.15) is 0 Å². The molecule has 1 aliphatic rings. The Labute approximate surface area is 193 Å². The Kier molecular flexibility index (Phi) is 7.15. The third kappa shape index (κ3) is 5.45. The molecular formula is C24H28N4O3S. The number of rotatable bonds is 5. The highest BCUT2D eigenvalue weighted by Crippen LogP contribution is 2.31. The maximum Gasteiger partial charge on any atom is 0.338 e. The quantitative estimate of drug-likeness (QED) is 0.450. The SMILES string of the molecule is CC1=C(C(=O)OC(C)C)[C@@H](c2ccc(NC(=O)Nc3cccc(C)c3)cc2)NC(=S)N1C. The molecule has 0 spiro atoms. The summed E-state index contributed by atoms with van der Waals surface area (Å²) >= 11 is 5.43. The number of nitrogens with one attached hydrogen (secondary N) is 3. The molecule has 1 atom stereocenters. The number of allylic oxidation sites excluding steroid dienone is 1. The van der Waals surface area contributed by atoms with Gasteiger partial charge in [0.2, 0.25) is 0 Å². The number of carbonyl (C=O) groups is 2. The highest BCUT2D eigenvalue weighted by atomic mass is 32.1. The van der Waals surface area contributed by atoms with Crippen LogP contribution in [0.1, 0.15) is 37.9 Å². The summed E-state index contributed by atoms with van der Waals surface area (Å²) in [5.74, 6) is -0.385. The zero-order valence-electron chi connectivity index (χ0n) is 18.9. The second-order valence-electron chi connectivity index (χ2n) is 7.97. The molecule has 0 radical (unpaired) electrons. The van der Waals surface area contributed by atoms with Gasteiger partial charge in [0.05, 0.1) is 17.7 Å². The van der Waals surface area contributed by atoms with Crippen LogP contribution in [0.15, 0.2) is 59.8 Å². The minimum absolute atomic E-state index is 0.235. The van der Waals surface area contributed by atoms with Crippen molar-refractivity contribution < 1.29 is 14.3 Å². The van der Waals surface area contributed by atoms with Crippen LogP contribution in [0.3, 0.4) is 0 Å². The van der Waals surface area contributed by atoms with Crippen LogP contribution in [0.25, 0.3) is 0 Å². The van der Waals surface area contributed by atoms with Crippen molar-refractivity contribution in [3.05, 3.63) is 70.9 Å². The fourth-order valence-electron chi connectivity index (χ4n) is 3.40. The summed E-state index contributed by atoms with van der Waals surface area (Å²) in [5.41, 5.74) is 4.49. The number of ether oxygens (including phenoxy) is 1. The van der Waals surface area contributed by atoms with Gasteiger partial charge in [0.25, 0.3) is 0 Å². The first-order chi connectivity index (χ1) is 15.2. The zero-order valence-corrected chi connectivity index (χ0v) is 19.7. The Morgan fingerprint density at radius 2 is 1.72 bits per heavy atom. The Bertz CT molecular complexity index is 1060. The van der Waals surface area contributed by atoms with Crippen LogP contribution in [0, 0.1) is 6.92 Å². The number of hydrogen-bond acceptors (Lipinski definition) is 4. The number of nitrogens with zero attached hydrogens (tertiary/aromatic N) is 1. The van der Waals surface area contributed by atoms with Gasteiger partial charge >= 0.3 is 12.0 Å². The third-order valence-corrected chi connectivity index (χ3v) is 5.49. The molecule has 0 unspecified atom stereocenters. The van der Waals surface area contributed by atoms with Crippen LogP contribution in [-0.4, -0.2) is 35.2 Å². The molecule has 0 saturated carbocycles. The van der Waals surface area contributed by atoms with Gasteiger partial charge in [-0.25, -0.2) is 9.59 Å². The maximum absolute atomic E-state index is 12.8. The van der Waals surface area contributed by atoms with Crippen LogP contribution in [0.2, 0.25) is 0 Å². The zero-order chi connectivity index (χ0) is 23.4. The number of thiocarbonyl (C=S) groups is 1. The topological polar surface area (TPSA) is 82.7 Å². The van der Waals surface area contributed by atoms with Gasteiger partial charge in [0, 0.05) is 24.1 Å². The standard InChI is InChI=1S/C24H28N4O3S/c1-14(2)31-22(29)20-16(4)28(5)24(32)27-21(20)17-9-11-18(12-10-17)25-23(30)26-19-8-6-7-15(3)13-19/h6-14,21H,1-5H3,(H,27,32)(H2,25,26,30)/t21-/m1/s1. The molecule has 0 fully saturated rings. The highest BCUT2D eigenvalue weighted by Gasteiger charge is 2.33. The normalized spacial score (nSPS) is 16.0. The van der Waals surface area contributed by atoms with E-state index in [4.69, 9.17) is 17.0 Å². The Morgan fingerprint density at radius 3 is 2.34 bits per heavy atom. The average molecular weight is 453 g/mol. The first-order valence-corrected chi connectivity index (χ1v) is 10.8. The van der Waals surface area contributed by atoms with E-state index in [1.807, 2.05) is 71.1 Å². The third-order valence-electron chi connectivity index (χ3n) is 5.09. The number of hydrogen-bond donors (Lipinski definition) is 3. The van der Waals surface area contributed by atoms with Crippen LogP contribution >= 0.6 is 12.2 Å². The van der Waals surface area contributed by atoms with Crippen molar-refractivity contribution in [2.24, 2.45) is 0 Å². The van der Waals surface area contributed by atoms with Crippen molar-refractivity contribution in [3.63, 3.8) is 0 Å². The number of anilines is 2. The molecule has 0 saturated heterocycles. The van der Waals surface area contributed by atoms with Crippen LogP contribution in [0.4, 0.5) is 16.2 Å². The lowest BCUT2D eigenvalue weighted by atomic mass is 9.95. The van der Waals surface area contributed by atoms with E-state index in [-0.39, 0.29) is 18.1 Å². The summed E-state index contributed by atoms with van der Waals surface area (Å²) in [6.45, 7) is 7.44. The molecule has 0 aliphatic carbocycles. The monoisotopic (exact) mass is 452 g/mol. The number of carbonyl (C=O) groups excluding carboxylic acids is 2. The van der Waals surface area contributed by atoms with Gasteiger partial charge in [-0.3, -0.25) is 0 Å². The van der Waals surface area contributed by atoms with Gasteiger partial charge in [-0.2, -0.15) is 0 Å². The summed E-state index contributed by atoms with van der Waals surface area (Å²) in [5, 5.41) is 9.36. The van der Waals surface area contributed by atoms with Crippen molar-refractivity contribution in [3.8, 4) is 0 Å². The molecule has 32 heavy (non-hydrogen) atoms. The lowest BCUT2D eigenvalue weighted by Crippen LogP contribution is -2.46. The first-order valence-electron chi connectivity index (χ1n) is 10.4. The van der Waals surface area contributed by atoms with Crippen LogP contribution < -0.4 is 16.0 Å². The Hall–Kier alpha value is -3.39. The van der Waals surface area contributed by atoms with Crippen LogP contribution in [-0.2, 0) is 9.53 Å². The fourth-order valence-corrected chi connectivity index (χ4v) is 3.66. The fraction of sp³-hybridized carbons (Fsp3) is 0.292. The predicted molar refractivity (Wildman–Crippen MR) is 130 cm³/mol. The molecule has 2 amide bonds. The number of urea groups is 1. The Balaban J connectivity index is 1.78. The van der Waals surface area contributed by atoms with Crippen molar-refractivity contribution in [2.75, 3.05) is 17.7 Å². The predicted octanol–water partition coefficient (Wildman–Crippen LogP) is 4.73. The minimum atomic E-state index is -0.444.